The maximum Gasteiger partial charge on any atom is 0.240 e. The first-order valence-corrected chi connectivity index (χ1v) is 11.0. The molecule has 0 aromatic heterocycles. The van der Waals surface area contributed by atoms with Crippen LogP contribution in [0.15, 0.2) is 71.9 Å². The molecule has 190 valence electrons. The number of benzene rings is 2. The van der Waals surface area contributed by atoms with Crippen LogP contribution in [-0.2, 0) is 9.59 Å². The van der Waals surface area contributed by atoms with Crippen molar-refractivity contribution in [2.45, 2.75) is 12.8 Å². The molecule has 10 nitrogen and oxygen atoms in total. The van der Waals surface area contributed by atoms with Gasteiger partial charge in [-0.2, -0.15) is 10.2 Å². The first kappa shape index (κ1) is 27.6. The molecule has 0 fully saturated rings. The van der Waals surface area contributed by atoms with Gasteiger partial charge in [-0.1, -0.05) is 25.3 Å². The fourth-order valence-electron chi connectivity index (χ4n) is 2.76. The summed E-state index contributed by atoms with van der Waals surface area (Å²) in [5.74, 6) is 1.37. The second-order valence-corrected chi connectivity index (χ2v) is 7.11. The minimum absolute atomic E-state index is 0.0560. The zero-order valence-electron chi connectivity index (χ0n) is 20.4. The number of carbonyl (C=O) groups is 2. The monoisotopic (exact) mass is 494 g/mol. The summed E-state index contributed by atoms with van der Waals surface area (Å²) >= 11 is 0. The van der Waals surface area contributed by atoms with Crippen LogP contribution < -0.4 is 29.8 Å². The number of ether oxygens (including phenoxy) is 4. The molecule has 2 aromatic rings. The molecular formula is C26H30N4O6. The van der Waals surface area contributed by atoms with Crippen LogP contribution >= 0.6 is 0 Å². The van der Waals surface area contributed by atoms with Gasteiger partial charge in [0.1, 0.15) is 13.2 Å². The summed E-state index contributed by atoms with van der Waals surface area (Å²) in [5, 5.41) is 7.81. The Morgan fingerprint density at radius 3 is 1.53 bits per heavy atom. The van der Waals surface area contributed by atoms with Crippen LogP contribution in [0.25, 0.3) is 0 Å². The predicted molar refractivity (Wildman–Crippen MR) is 138 cm³/mol. The van der Waals surface area contributed by atoms with Gasteiger partial charge < -0.3 is 18.9 Å². The molecule has 0 aliphatic heterocycles. The van der Waals surface area contributed by atoms with Crippen molar-refractivity contribution in [3.05, 3.63) is 72.8 Å². The van der Waals surface area contributed by atoms with Crippen molar-refractivity contribution in [1.82, 2.24) is 10.9 Å². The van der Waals surface area contributed by atoms with Gasteiger partial charge in [-0.25, -0.2) is 10.9 Å². The highest BCUT2D eigenvalue weighted by molar-refractivity contribution is 5.87. The van der Waals surface area contributed by atoms with Crippen molar-refractivity contribution >= 4 is 24.2 Å². The largest absolute Gasteiger partial charge is 0.493 e. The van der Waals surface area contributed by atoms with Gasteiger partial charge in [-0.3, -0.25) is 9.59 Å². The van der Waals surface area contributed by atoms with Crippen LogP contribution in [0.2, 0.25) is 0 Å². The van der Waals surface area contributed by atoms with Gasteiger partial charge in [0.25, 0.3) is 0 Å². The van der Waals surface area contributed by atoms with E-state index in [4.69, 9.17) is 18.9 Å². The zero-order chi connectivity index (χ0) is 26.2. The molecule has 2 amide bonds. The second-order valence-electron chi connectivity index (χ2n) is 7.11. The van der Waals surface area contributed by atoms with E-state index in [1.54, 1.807) is 48.6 Å². The first-order valence-electron chi connectivity index (χ1n) is 11.0. The molecule has 0 aliphatic carbocycles. The van der Waals surface area contributed by atoms with Crippen molar-refractivity contribution < 1.29 is 28.5 Å². The summed E-state index contributed by atoms with van der Waals surface area (Å²) in [6.07, 6.45) is 6.08. The van der Waals surface area contributed by atoms with E-state index >= 15 is 0 Å². The average molecular weight is 495 g/mol. The van der Waals surface area contributed by atoms with E-state index in [0.717, 1.165) is 0 Å². The van der Waals surface area contributed by atoms with Gasteiger partial charge >= 0.3 is 0 Å². The highest BCUT2D eigenvalue weighted by Crippen LogP contribution is 2.28. The number of carbonyl (C=O) groups excluding carboxylic acids is 2. The lowest BCUT2D eigenvalue weighted by Gasteiger charge is -2.09. The van der Waals surface area contributed by atoms with Crippen molar-refractivity contribution in [3.63, 3.8) is 0 Å². The number of hydrazone groups is 2. The molecular weight excluding hydrogens is 464 g/mol. The zero-order valence-corrected chi connectivity index (χ0v) is 20.4. The summed E-state index contributed by atoms with van der Waals surface area (Å²) in [6, 6.07) is 10.4. The fraction of sp³-hybridized carbons (Fsp3) is 0.231. The van der Waals surface area contributed by atoms with Gasteiger partial charge in [0.05, 0.1) is 26.6 Å². The molecule has 0 atom stereocenters. The first-order chi connectivity index (χ1) is 17.5. The number of hydrogen-bond donors (Lipinski definition) is 2. The molecule has 2 N–H and O–H groups in total. The molecule has 0 heterocycles. The minimum Gasteiger partial charge on any atom is -0.493 e. The molecule has 0 saturated carbocycles. The Labute approximate surface area is 210 Å². The van der Waals surface area contributed by atoms with E-state index in [-0.39, 0.29) is 12.8 Å². The highest BCUT2D eigenvalue weighted by atomic mass is 16.5. The number of nitrogens with zero attached hydrogens (tertiary/aromatic N) is 2. The molecule has 0 radical (unpaired) electrons. The number of rotatable bonds is 15. The third-order valence-electron chi connectivity index (χ3n) is 4.47. The van der Waals surface area contributed by atoms with Crippen LogP contribution in [0, 0.1) is 0 Å². The number of amides is 2. The number of hydrogen-bond acceptors (Lipinski definition) is 8. The van der Waals surface area contributed by atoms with E-state index < -0.39 is 11.8 Å². The summed E-state index contributed by atoms with van der Waals surface area (Å²) in [6.45, 7) is 7.92. The Morgan fingerprint density at radius 2 is 1.17 bits per heavy atom. The van der Waals surface area contributed by atoms with Crippen LogP contribution in [-0.4, -0.2) is 51.7 Å². The van der Waals surface area contributed by atoms with Crippen molar-refractivity contribution in [2.24, 2.45) is 10.2 Å². The van der Waals surface area contributed by atoms with Gasteiger partial charge in [-0.05, 0) is 47.5 Å². The maximum absolute atomic E-state index is 12.0. The topological polar surface area (TPSA) is 120 Å². The number of methoxy groups -OCH3 is 2. The summed E-state index contributed by atoms with van der Waals surface area (Å²) in [4.78, 5) is 24.0. The smallest absolute Gasteiger partial charge is 0.240 e. The molecule has 36 heavy (non-hydrogen) atoms. The lowest BCUT2D eigenvalue weighted by atomic mass is 10.2. The summed E-state index contributed by atoms with van der Waals surface area (Å²) in [5.41, 5.74) is 6.16. The predicted octanol–water partition coefficient (Wildman–Crippen LogP) is 3.21. The molecule has 10 heteroatoms. The van der Waals surface area contributed by atoms with Gasteiger partial charge in [0, 0.05) is 12.8 Å². The Morgan fingerprint density at radius 1 is 0.750 bits per heavy atom. The van der Waals surface area contributed by atoms with Gasteiger partial charge in [0.15, 0.2) is 23.0 Å². The van der Waals surface area contributed by atoms with Crippen molar-refractivity contribution in [3.8, 4) is 23.0 Å². The molecule has 0 aliphatic rings. The van der Waals surface area contributed by atoms with E-state index in [1.807, 2.05) is 0 Å². The summed E-state index contributed by atoms with van der Waals surface area (Å²) < 4.78 is 21.6. The van der Waals surface area contributed by atoms with Crippen molar-refractivity contribution in [2.75, 3.05) is 27.4 Å². The highest BCUT2D eigenvalue weighted by Gasteiger charge is 2.07. The van der Waals surface area contributed by atoms with Crippen LogP contribution in [0.3, 0.4) is 0 Å². The normalized spacial score (nSPS) is 10.6. The standard InChI is InChI=1S/C26H30N4O6/c1-5-13-35-21-9-7-19(15-23(21)33-3)17-27-29-25(31)11-12-26(32)30-28-18-20-8-10-22(36-14-6-2)24(16-20)34-4/h5-10,15-18H,1-2,11-14H2,3-4H3,(H,29,31)(H,30,32)/b27-17+,28-18+. The quantitative estimate of drug-likeness (QED) is 0.223. The Balaban J connectivity index is 1.78. The molecule has 2 rings (SSSR count). The minimum atomic E-state index is -0.414. The third kappa shape index (κ3) is 9.34. The van der Waals surface area contributed by atoms with Gasteiger partial charge in [0.2, 0.25) is 11.8 Å². The molecule has 0 saturated heterocycles. The van der Waals surface area contributed by atoms with Crippen LogP contribution in [0.4, 0.5) is 0 Å². The molecule has 0 unspecified atom stereocenters. The van der Waals surface area contributed by atoms with Crippen LogP contribution in [0.1, 0.15) is 24.0 Å². The Hall–Kier alpha value is -4.60. The molecule has 0 bridgehead atoms. The van der Waals surface area contributed by atoms with E-state index in [2.05, 4.69) is 34.2 Å². The fourth-order valence-corrected chi connectivity index (χ4v) is 2.76. The van der Waals surface area contributed by atoms with E-state index in [9.17, 15) is 9.59 Å². The summed E-state index contributed by atoms with van der Waals surface area (Å²) in [7, 11) is 3.06. The third-order valence-corrected chi connectivity index (χ3v) is 4.47. The van der Waals surface area contributed by atoms with E-state index in [1.165, 1.54) is 26.6 Å². The molecule has 2 aromatic carbocycles. The van der Waals surface area contributed by atoms with Crippen LogP contribution in [0.5, 0.6) is 23.0 Å². The van der Waals surface area contributed by atoms with Gasteiger partial charge in [-0.15, -0.1) is 0 Å². The molecule has 0 spiro atoms. The van der Waals surface area contributed by atoms with Crippen molar-refractivity contribution in [1.29, 1.82) is 0 Å². The number of nitrogens with one attached hydrogen (secondary N) is 2. The average Bonchev–Trinajstić information content (AvgIpc) is 2.90. The lowest BCUT2D eigenvalue weighted by Crippen LogP contribution is -2.22. The lowest BCUT2D eigenvalue weighted by molar-refractivity contribution is -0.126. The Kier molecular flexibility index (Phi) is 11.8. The van der Waals surface area contributed by atoms with E-state index in [0.29, 0.717) is 47.3 Å². The second kappa shape index (κ2) is 15.3. The Bertz CT molecular complexity index is 1030. The SMILES string of the molecule is C=CCOc1ccc(/C=N/NC(=O)CCC(=O)N/N=C/c2ccc(OCC=C)c(OC)c2)cc1OC. The maximum atomic E-state index is 12.0.